The maximum atomic E-state index is 11.6. The minimum absolute atomic E-state index is 0.146. The molecule has 3 aromatic rings. The molecule has 0 fully saturated rings. The van der Waals surface area contributed by atoms with E-state index < -0.39 is 5.97 Å². The van der Waals surface area contributed by atoms with Gasteiger partial charge in [0.05, 0.1) is 17.3 Å². The number of rotatable bonds is 7. The highest BCUT2D eigenvalue weighted by atomic mass is 79.9. The molecule has 0 radical (unpaired) electrons. The Morgan fingerprint density at radius 2 is 1.75 bits per heavy atom. The van der Waals surface area contributed by atoms with E-state index in [2.05, 4.69) is 15.9 Å². The van der Waals surface area contributed by atoms with Crippen molar-refractivity contribution in [2.45, 2.75) is 19.6 Å². The van der Waals surface area contributed by atoms with E-state index in [0.717, 1.165) is 27.0 Å². The molecule has 4 nitrogen and oxygen atoms in total. The first-order valence-electron chi connectivity index (χ1n) is 8.98. The van der Waals surface area contributed by atoms with Gasteiger partial charge in [-0.1, -0.05) is 64.5 Å². The third kappa shape index (κ3) is 4.54. The van der Waals surface area contributed by atoms with Crippen molar-refractivity contribution in [1.29, 1.82) is 0 Å². The second kappa shape index (κ2) is 8.93. The van der Waals surface area contributed by atoms with Gasteiger partial charge in [-0.3, -0.25) is 0 Å². The van der Waals surface area contributed by atoms with E-state index in [1.165, 1.54) is 0 Å². The van der Waals surface area contributed by atoms with E-state index in [9.17, 15) is 9.90 Å². The first-order chi connectivity index (χ1) is 13.5. The molecule has 0 aliphatic heterocycles. The summed E-state index contributed by atoms with van der Waals surface area (Å²) >= 11 is 3.51. The van der Waals surface area contributed by atoms with Crippen LogP contribution in [0.4, 0.5) is 5.69 Å². The van der Waals surface area contributed by atoms with Gasteiger partial charge in [0.15, 0.2) is 0 Å². The second-order valence-electron chi connectivity index (χ2n) is 6.57. The molecule has 0 spiro atoms. The summed E-state index contributed by atoms with van der Waals surface area (Å²) in [5.41, 5.74) is 3.05. The molecule has 1 atom stereocenters. The molecule has 3 aromatic carbocycles. The van der Waals surface area contributed by atoms with Crippen LogP contribution in [0.1, 0.15) is 34.5 Å². The van der Waals surface area contributed by atoms with Gasteiger partial charge in [0.2, 0.25) is 0 Å². The number of carbonyl (C=O) groups is 1. The Morgan fingerprint density at radius 1 is 1.07 bits per heavy atom. The average molecular weight is 440 g/mol. The topological polar surface area (TPSA) is 49.8 Å². The van der Waals surface area contributed by atoms with E-state index in [-0.39, 0.29) is 6.04 Å². The Labute approximate surface area is 173 Å². The Balaban J connectivity index is 1.89. The Hall–Kier alpha value is -2.79. The molecule has 144 valence electrons. The van der Waals surface area contributed by atoms with Crippen molar-refractivity contribution < 1.29 is 14.6 Å². The number of anilines is 1. The second-order valence-corrected chi connectivity index (χ2v) is 7.48. The lowest BCUT2D eigenvalue weighted by atomic mass is 10.00. The number of aromatic carboxylic acids is 1. The fraction of sp³-hybridized carbons (Fsp3) is 0.174. The molecule has 3 rings (SSSR count). The Kier molecular flexibility index (Phi) is 6.37. The first kappa shape index (κ1) is 20.0. The van der Waals surface area contributed by atoms with Crippen molar-refractivity contribution in [3.63, 3.8) is 0 Å². The number of carboxylic acids is 1. The average Bonchev–Trinajstić information content (AvgIpc) is 2.72. The van der Waals surface area contributed by atoms with Gasteiger partial charge in [0.25, 0.3) is 0 Å². The minimum atomic E-state index is -0.924. The highest BCUT2D eigenvalue weighted by Gasteiger charge is 2.21. The highest BCUT2D eigenvalue weighted by Crippen LogP contribution is 2.36. The maximum absolute atomic E-state index is 11.6. The summed E-state index contributed by atoms with van der Waals surface area (Å²) in [4.78, 5) is 13.6. The highest BCUT2D eigenvalue weighted by molar-refractivity contribution is 9.10. The van der Waals surface area contributed by atoms with Gasteiger partial charge >= 0.3 is 5.97 Å². The number of hydrogen-bond acceptors (Lipinski definition) is 3. The Morgan fingerprint density at radius 3 is 2.46 bits per heavy atom. The van der Waals surface area contributed by atoms with Gasteiger partial charge in [-0.05, 0) is 42.3 Å². The van der Waals surface area contributed by atoms with E-state index >= 15 is 0 Å². The molecular weight excluding hydrogens is 418 g/mol. The quantitative estimate of drug-likeness (QED) is 0.495. The molecule has 0 aliphatic rings. The molecule has 5 heteroatoms. The van der Waals surface area contributed by atoms with Crippen LogP contribution in [0.3, 0.4) is 0 Å². The van der Waals surface area contributed by atoms with Crippen LogP contribution in [0, 0.1) is 0 Å². The van der Waals surface area contributed by atoms with Gasteiger partial charge in [-0.25, -0.2) is 4.79 Å². The summed E-state index contributed by atoms with van der Waals surface area (Å²) in [6.45, 7) is 2.45. The number of carboxylic acid groups (broad SMARTS) is 1. The Bertz CT molecular complexity index is 959. The van der Waals surface area contributed by atoms with Gasteiger partial charge in [0.1, 0.15) is 12.4 Å². The number of ether oxygens (including phenoxy) is 1. The molecule has 0 saturated heterocycles. The van der Waals surface area contributed by atoms with Gasteiger partial charge < -0.3 is 14.7 Å². The number of hydrogen-bond donors (Lipinski definition) is 1. The molecule has 1 unspecified atom stereocenters. The third-order valence-corrected chi connectivity index (χ3v) is 5.25. The molecule has 28 heavy (non-hydrogen) atoms. The lowest BCUT2D eigenvalue weighted by Gasteiger charge is -2.30. The zero-order chi connectivity index (χ0) is 20.1. The molecule has 0 heterocycles. The van der Waals surface area contributed by atoms with Crippen LogP contribution in [0.15, 0.2) is 77.3 Å². The van der Waals surface area contributed by atoms with E-state index in [1.54, 1.807) is 12.1 Å². The minimum Gasteiger partial charge on any atom is -0.487 e. The number of benzene rings is 3. The predicted molar refractivity (Wildman–Crippen MR) is 115 cm³/mol. The van der Waals surface area contributed by atoms with Crippen LogP contribution in [-0.2, 0) is 6.61 Å². The fourth-order valence-corrected chi connectivity index (χ4v) is 3.44. The molecule has 0 bridgehead atoms. The molecule has 0 aliphatic carbocycles. The van der Waals surface area contributed by atoms with Crippen molar-refractivity contribution in [1.82, 2.24) is 0 Å². The molecular formula is C23H22BrNO3. The number of halogens is 1. The van der Waals surface area contributed by atoms with E-state index in [1.807, 2.05) is 79.5 Å². The first-order valence-corrected chi connectivity index (χ1v) is 9.78. The summed E-state index contributed by atoms with van der Waals surface area (Å²) in [7, 11) is 1.95. The molecule has 0 aromatic heterocycles. The van der Waals surface area contributed by atoms with Crippen molar-refractivity contribution in [2.24, 2.45) is 0 Å². The van der Waals surface area contributed by atoms with E-state index in [0.29, 0.717) is 12.2 Å². The van der Waals surface area contributed by atoms with Crippen LogP contribution < -0.4 is 9.64 Å². The fourth-order valence-electron chi connectivity index (χ4n) is 3.10. The van der Waals surface area contributed by atoms with Crippen molar-refractivity contribution >= 4 is 27.6 Å². The largest absolute Gasteiger partial charge is 0.487 e. The lowest BCUT2D eigenvalue weighted by molar-refractivity contribution is 0.0695. The number of nitrogens with zero attached hydrogens (tertiary/aromatic N) is 1. The maximum Gasteiger partial charge on any atom is 0.336 e. The lowest BCUT2D eigenvalue weighted by Crippen LogP contribution is -2.24. The van der Waals surface area contributed by atoms with Gasteiger partial charge in [-0.2, -0.15) is 0 Å². The summed E-state index contributed by atoms with van der Waals surface area (Å²) in [6, 6.07) is 22.8. The van der Waals surface area contributed by atoms with E-state index in [4.69, 9.17) is 4.74 Å². The smallest absolute Gasteiger partial charge is 0.336 e. The predicted octanol–water partition coefficient (Wildman–Crippen LogP) is 5.92. The van der Waals surface area contributed by atoms with Crippen molar-refractivity contribution in [2.75, 3.05) is 11.9 Å². The standard InChI is InChI=1S/C23H22BrNO3/c1-16(19-10-6-7-11-20(19)23(26)27)25(2)21-13-12-18(24)14-22(21)28-15-17-8-4-3-5-9-17/h3-14,16H,15H2,1-2H3,(H,26,27). The SMILES string of the molecule is CC(c1ccccc1C(=O)O)N(C)c1ccc(Br)cc1OCc1ccccc1. The summed E-state index contributed by atoms with van der Waals surface area (Å²) in [5.74, 6) is -0.187. The third-order valence-electron chi connectivity index (χ3n) is 4.76. The molecule has 0 saturated carbocycles. The van der Waals surface area contributed by atoms with Crippen LogP contribution >= 0.6 is 15.9 Å². The molecule has 0 amide bonds. The van der Waals surface area contributed by atoms with Crippen molar-refractivity contribution in [3.8, 4) is 5.75 Å². The van der Waals surface area contributed by atoms with Gasteiger partial charge in [-0.15, -0.1) is 0 Å². The molecule has 1 N–H and O–H groups in total. The normalized spacial score (nSPS) is 11.7. The van der Waals surface area contributed by atoms with Crippen LogP contribution in [0.5, 0.6) is 5.75 Å². The van der Waals surface area contributed by atoms with Crippen LogP contribution in [0.25, 0.3) is 0 Å². The van der Waals surface area contributed by atoms with Crippen LogP contribution in [0.2, 0.25) is 0 Å². The van der Waals surface area contributed by atoms with Crippen molar-refractivity contribution in [3.05, 3.63) is 94.0 Å². The summed E-state index contributed by atoms with van der Waals surface area (Å²) in [6.07, 6.45) is 0. The zero-order valence-corrected chi connectivity index (χ0v) is 17.4. The van der Waals surface area contributed by atoms with Gasteiger partial charge in [0, 0.05) is 11.5 Å². The summed E-state index contributed by atoms with van der Waals surface area (Å²) < 4.78 is 7.02. The zero-order valence-electron chi connectivity index (χ0n) is 15.8. The van der Waals surface area contributed by atoms with Crippen LogP contribution in [-0.4, -0.2) is 18.1 Å². The monoisotopic (exact) mass is 439 g/mol. The summed E-state index contributed by atoms with van der Waals surface area (Å²) in [5, 5.41) is 9.52.